The summed E-state index contributed by atoms with van der Waals surface area (Å²) in [7, 11) is 0. The molecule has 0 radical (unpaired) electrons. The first kappa shape index (κ1) is 20.8. The summed E-state index contributed by atoms with van der Waals surface area (Å²) in [6, 6.07) is 6.47. The summed E-state index contributed by atoms with van der Waals surface area (Å²) in [5.74, 6) is -4.23. The molecule has 1 amide bonds. The van der Waals surface area contributed by atoms with Crippen LogP contribution in [0.5, 0.6) is 0 Å². The van der Waals surface area contributed by atoms with Crippen molar-refractivity contribution in [2.75, 3.05) is 5.75 Å². The molecule has 0 bridgehead atoms. The molecule has 2 heterocycles. The number of benzene rings is 1. The number of H-pyrrole nitrogens is 2. The van der Waals surface area contributed by atoms with E-state index in [9.17, 15) is 22.8 Å². The smallest absolute Gasteiger partial charge is 0.361 e. The topological polar surface area (TPSA) is 116 Å². The zero-order valence-electron chi connectivity index (χ0n) is 15.2. The Hall–Kier alpha value is -2.89. The normalized spacial score (nSPS) is 13.9. The van der Waals surface area contributed by atoms with Crippen molar-refractivity contribution in [2.24, 2.45) is 5.92 Å². The van der Waals surface area contributed by atoms with Crippen LogP contribution in [0.3, 0.4) is 0 Å². The molecule has 1 aromatic carbocycles. The monoisotopic (exact) mass is 426 g/mol. The minimum absolute atomic E-state index is 0.0591. The first-order chi connectivity index (χ1) is 13.8. The van der Waals surface area contributed by atoms with Gasteiger partial charge in [0.05, 0.1) is 6.04 Å². The van der Waals surface area contributed by atoms with Crippen LogP contribution in [0.1, 0.15) is 24.4 Å². The molecule has 0 unspecified atom stereocenters. The number of carbonyl (C=O) groups is 2. The van der Waals surface area contributed by atoms with Crippen LogP contribution in [-0.2, 0) is 16.0 Å². The van der Waals surface area contributed by atoms with Gasteiger partial charge < -0.3 is 10.3 Å². The molecule has 3 N–H and O–H groups in total. The van der Waals surface area contributed by atoms with Gasteiger partial charge in [0, 0.05) is 36.2 Å². The highest BCUT2D eigenvalue weighted by molar-refractivity contribution is 8.13. The summed E-state index contributed by atoms with van der Waals surface area (Å²) < 4.78 is 40.1. The number of aromatic amines is 2. The predicted molar refractivity (Wildman–Crippen MR) is 99.7 cm³/mol. The number of halogens is 3. The van der Waals surface area contributed by atoms with Crippen LogP contribution in [0, 0.1) is 5.92 Å². The fourth-order valence-electron chi connectivity index (χ4n) is 2.84. The zero-order chi connectivity index (χ0) is 21.0. The second kappa shape index (κ2) is 8.64. The summed E-state index contributed by atoms with van der Waals surface area (Å²) in [6.07, 6.45) is -2.93. The van der Waals surface area contributed by atoms with Gasteiger partial charge in [-0.3, -0.25) is 9.59 Å². The number of hydrogen-bond donors (Lipinski definition) is 3. The van der Waals surface area contributed by atoms with Gasteiger partial charge in [-0.25, -0.2) is 0 Å². The van der Waals surface area contributed by atoms with E-state index < -0.39 is 34.9 Å². The van der Waals surface area contributed by atoms with E-state index in [1.807, 2.05) is 24.3 Å². The van der Waals surface area contributed by atoms with Crippen molar-refractivity contribution >= 4 is 33.7 Å². The molecule has 3 aromatic rings. The Morgan fingerprint density at radius 2 is 2.03 bits per heavy atom. The Kier molecular flexibility index (Phi) is 6.20. The van der Waals surface area contributed by atoms with Gasteiger partial charge in [0.1, 0.15) is 5.92 Å². The lowest BCUT2D eigenvalue weighted by molar-refractivity contribution is -0.178. The van der Waals surface area contributed by atoms with Crippen LogP contribution in [0.25, 0.3) is 10.9 Å². The number of para-hydroxylation sites is 1. The van der Waals surface area contributed by atoms with Crippen LogP contribution >= 0.6 is 11.8 Å². The molecule has 2 aromatic heterocycles. The van der Waals surface area contributed by atoms with E-state index in [2.05, 4.69) is 30.9 Å². The van der Waals surface area contributed by atoms with Gasteiger partial charge in [0.2, 0.25) is 5.91 Å². The lowest BCUT2D eigenvalue weighted by Gasteiger charge is -2.22. The number of tetrazole rings is 1. The van der Waals surface area contributed by atoms with Crippen LogP contribution in [0.2, 0.25) is 0 Å². The third-order valence-corrected chi connectivity index (χ3v) is 5.16. The second-order valence-electron chi connectivity index (χ2n) is 6.29. The van der Waals surface area contributed by atoms with Crippen molar-refractivity contribution in [3.8, 4) is 0 Å². The fourth-order valence-corrected chi connectivity index (χ4v) is 3.58. The van der Waals surface area contributed by atoms with Crippen molar-refractivity contribution in [3.05, 3.63) is 41.9 Å². The molecular formula is C17H17F3N6O2S. The lowest BCUT2D eigenvalue weighted by atomic mass is 10.0. The molecule has 0 saturated heterocycles. The Labute approximate surface area is 167 Å². The van der Waals surface area contributed by atoms with E-state index in [4.69, 9.17) is 0 Å². The number of hydrogen-bond acceptors (Lipinski definition) is 6. The van der Waals surface area contributed by atoms with Gasteiger partial charge >= 0.3 is 6.18 Å². The van der Waals surface area contributed by atoms with E-state index in [-0.39, 0.29) is 12.2 Å². The average Bonchev–Trinajstić information content (AvgIpc) is 3.30. The number of amides is 1. The number of carbonyl (C=O) groups excluding carboxylic acids is 2. The van der Waals surface area contributed by atoms with Crippen LogP contribution < -0.4 is 5.32 Å². The highest BCUT2D eigenvalue weighted by Gasteiger charge is 2.45. The summed E-state index contributed by atoms with van der Waals surface area (Å²) >= 11 is 0.452. The van der Waals surface area contributed by atoms with E-state index in [0.29, 0.717) is 11.8 Å². The van der Waals surface area contributed by atoms with Gasteiger partial charge in [-0.15, -0.1) is 10.2 Å². The summed E-state index contributed by atoms with van der Waals surface area (Å²) in [5.41, 5.74) is 1.63. The quantitative estimate of drug-likeness (QED) is 0.535. The van der Waals surface area contributed by atoms with Crippen molar-refractivity contribution in [1.82, 2.24) is 30.9 Å². The number of nitrogens with one attached hydrogen (secondary N) is 3. The number of rotatable bonds is 7. The molecule has 0 spiro atoms. The average molecular weight is 426 g/mol. The fraction of sp³-hybridized carbons (Fsp3) is 0.353. The van der Waals surface area contributed by atoms with E-state index in [1.54, 1.807) is 6.20 Å². The Bertz CT molecular complexity index is 989. The first-order valence-electron chi connectivity index (χ1n) is 8.54. The minimum Gasteiger partial charge on any atom is -0.361 e. The highest BCUT2D eigenvalue weighted by atomic mass is 32.2. The maximum atomic E-state index is 13.4. The Morgan fingerprint density at radius 3 is 2.69 bits per heavy atom. The number of aromatic nitrogens is 5. The van der Waals surface area contributed by atoms with Gasteiger partial charge in [-0.1, -0.05) is 35.2 Å². The molecule has 12 heteroatoms. The number of alkyl halides is 3. The van der Waals surface area contributed by atoms with Gasteiger partial charge in [-0.2, -0.15) is 18.4 Å². The van der Waals surface area contributed by atoms with Gasteiger partial charge in [0.25, 0.3) is 0 Å². The summed E-state index contributed by atoms with van der Waals surface area (Å²) in [4.78, 5) is 26.6. The minimum atomic E-state index is -4.80. The van der Waals surface area contributed by atoms with Crippen molar-refractivity contribution in [3.63, 3.8) is 0 Å². The third-order valence-electron chi connectivity index (χ3n) is 4.25. The van der Waals surface area contributed by atoms with Crippen LogP contribution in [0.15, 0.2) is 30.5 Å². The molecule has 8 nitrogen and oxygen atoms in total. The van der Waals surface area contributed by atoms with E-state index in [1.165, 1.54) is 0 Å². The third kappa shape index (κ3) is 5.13. The molecule has 0 fully saturated rings. The summed E-state index contributed by atoms with van der Waals surface area (Å²) in [6.45, 7) is 1.15. The molecule has 154 valence electrons. The molecule has 0 aliphatic heterocycles. The Morgan fingerprint density at radius 1 is 1.28 bits per heavy atom. The number of thioether (sulfide) groups is 1. The second-order valence-corrected chi connectivity index (χ2v) is 7.49. The van der Waals surface area contributed by atoms with Gasteiger partial charge in [0.15, 0.2) is 10.9 Å². The molecule has 0 saturated carbocycles. The number of nitrogens with zero attached hydrogens (tertiary/aromatic N) is 3. The van der Waals surface area contributed by atoms with Crippen LogP contribution in [0.4, 0.5) is 13.2 Å². The van der Waals surface area contributed by atoms with Crippen molar-refractivity contribution in [2.45, 2.75) is 25.6 Å². The maximum absolute atomic E-state index is 13.4. The number of fused-ring (bicyclic) bond motifs is 1. The Balaban J connectivity index is 1.83. The lowest BCUT2D eigenvalue weighted by Crippen LogP contribution is -2.43. The van der Waals surface area contributed by atoms with Crippen LogP contribution in [-0.4, -0.2) is 48.6 Å². The zero-order valence-corrected chi connectivity index (χ0v) is 16.0. The molecule has 29 heavy (non-hydrogen) atoms. The molecular weight excluding hydrogens is 409 g/mol. The first-order valence-corrected chi connectivity index (χ1v) is 9.53. The largest absolute Gasteiger partial charge is 0.401 e. The molecule has 0 aliphatic carbocycles. The summed E-state index contributed by atoms with van der Waals surface area (Å²) in [5, 5.41) is 16.0. The maximum Gasteiger partial charge on any atom is 0.401 e. The van der Waals surface area contributed by atoms with Crippen molar-refractivity contribution < 1.29 is 22.8 Å². The molecule has 2 atom stereocenters. The highest BCUT2D eigenvalue weighted by Crippen LogP contribution is 2.31. The predicted octanol–water partition coefficient (Wildman–Crippen LogP) is 2.54. The molecule has 3 rings (SSSR count). The molecule has 0 aliphatic rings. The SMILES string of the molecule is CC(=O)SC[C@@H](C(=O)N[C@H](Cc1c[nH]c2ccccc12)c1nn[nH]n1)C(F)(F)F. The van der Waals surface area contributed by atoms with Crippen molar-refractivity contribution in [1.29, 1.82) is 0 Å². The van der Waals surface area contributed by atoms with Gasteiger partial charge in [-0.05, 0) is 11.6 Å². The van der Waals surface area contributed by atoms with E-state index in [0.717, 1.165) is 23.4 Å². The standard InChI is InChI=1S/C17H17F3N6O2S/c1-9(27)29-8-12(17(18,19)20)16(28)22-14(15-23-25-26-24-15)6-10-7-21-13-5-3-2-4-11(10)13/h2-5,7,12,14,21H,6,8H2,1H3,(H,22,28)(H,23,24,25,26)/t12-,14+/m0/s1. The van der Waals surface area contributed by atoms with E-state index >= 15 is 0 Å².